The molecule has 0 unspecified atom stereocenters. The molecule has 1 N–H and O–H groups in total. The second-order valence-corrected chi connectivity index (χ2v) is 6.98. The van der Waals surface area contributed by atoms with Gasteiger partial charge in [0.2, 0.25) is 0 Å². The van der Waals surface area contributed by atoms with Gasteiger partial charge in [-0.2, -0.15) is 0 Å². The molecule has 0 radical (unpaired) electrons. The van der Waals surface area contributed by atoms with Crippen molar-refractivity contribution in [1.29, 1.82) is 0 Å². The van der Waals surface area contributed by atoms with E-state index in [9.17, 15) is 0 Å². The molecule has 0 amide bonds. The SMILES string of the molecule is Cc1cc2c(NCCN3CCC(C)CC3)ncnc2s1. The molecule has 4 nitrogen and oxygen atoms in total. The molecule has 3 heterocycles. The maximum absolute atomic E-state index is 4.38. The number of likely N-dealkylation sites (tertiary alicyclic amines) is 1. The van der Waals surface area contributed by atoms with E-state index in [2.05, 4.69) is 40.1 Å². The summed E-state index contributed by atoms with van der Waals surface area (Å²) in [6, 6.07) is 2.17. The van der Waals surface area contributed by atoms with E-state index in [1.54, 1.807) is 17.7 Å². The number of aryl methyl sites for hydroxylation is 1. The van der Waals surface area contributed by atoms with Gasteiger partial charge < -0.3 is 10.2 Å². The van der Waals surface area contributed by atoms with Crippen molar-refractivity contribution in [3.8, 4) is 0 Å². The zero-order chi connectivity index (χ0) is 13.9. The van der Waals surface area contributed by atoms with E-state index in [1.165, 1.54) is 30.8 Å². The lowest BCUT2D eigenvalue weighted by Gasteiger charge is -2.30. The molecule has 5 heteroatoms. The molecule has 0 atom stereocenters. The number of piperidine rings is 1. The first-order valence-electron chi connectivity index (χ1n) is 7.40. The molecule has 108 valence electrons. The van der Waals surface area contributed by atoms with E-state index in [0.29, 0.717) is 0 Å². The van der Waals surface area contributed by atoms with Gasteiger partial charge in [-0.3, -0.25) is 0 Å². The first-order valence-corrected chi connectivity index (χ1v) is 8.21. The minimum atomic E-state index is 0.898. The number of anilines is 1. The molecule has 2 aromatic heterocycles. The van der Waals surface area contributed by atoms with Crippen molar-refractivity contribution < 1.29 is 0 Å². The first-order chi connectivity index (χ1) is 9.72. The summed E-state index contributed by atoms with van der Waals surface area (Å²) in [5.74, 6) is 1.87. The molecule has 0 aromatic carbocycles. The number of aromatic nitrogens is 2. The molecular formula is C15H22N4S. The fourth-order valence-corrected chi connectivity index (χ4v) is 3.58. The van der Waals surface area contributed by atoms with Crippen molar-refractivity contribution in [1.82, 2.24) is 14.9 Å². The van der Waals surface area contributed by atoms with Crippen LogP contribution in [0, 0.1) is 12.8 Å². The number of hydrogen-bond donors (Lipinski definition) is 1. The molecule has 0 saturated carbocycles. The Balaban J connectivity index is 1.57. The highest BCUT2D eigenvalue weighted by Crippen LogP contribution is 2.27. The van der Waals surface area contributed by atoms with Gasteiger partial charge in [0.15, 0.2) is 0 Å². The van der Waals surface area contributed by atoms with Gasteiger partial charge in [-0.05, 0) is 44.8 Å². The summed E-state index contributed by atoms with van der Waals surface area (Å²) < 4.78 is 0. The molecule has 3 rings (SSSR count). The Labute approximate surface area is 124 Å². The molecule has 1 saturated heterocycles. The number of thiophene rings is 1. The lowest BCUT2D eigenvalue weighted by molar-refractivity contribution is 0.199. The van der Waals surface area contributed by atoms with E-state index < -0.39 is 0 Å². The van der Waals surface area contributed by atoms with Crippen LogP contribution in [0.3, 0.4) is 0 Å². The standard InChI is InChI=1S/C15H22N4S/c1-11-3-6-19(7-4-11)8-5-16-14-13-9-12(2)20-15(13)18-10-17-14/h9-11H,3-8H2,1-2H3,(H,16,17,18). The largest absolute Gasteiger partial charge is 0.368 e. The van der Waals surface area contributed by atoms with Gasteiger partial charge in [-0.15, -0.1) is 11.3 Å². The van der Waals surface area contributed by atoms with E-state index in [4.69, 9.17) is 0 Å². The lowest BCUT2D eigenvalue weighted by Crippen LogP contribution is -2.36. The Morgan fingerprint density at radius 1 is 1.35 bits per heavy atom. The number of hydrogen-bond acceptors (Lipinski definition) is 5. The third kappa shape index (κ3) is 3.10. The quantitative estimate of drug-likeness (QED) is 0.939. The van der Waals surface area contributed by atoms with Crippen LogP contribution in [0.5, 0.6) is 0 Å². The zero-order valence-corrected chi connectivity index (χ0v) is 13.0. The van der Waals surface area contributed by atoms with Crippen LogP contribution in [0.25, 0.3) is 10.2 Å². The van der Waals surface area contributed by atoms with Crippen LogP contribution in [0.1, 0.15) is 24.6 Å². The zero-order valence-electron chi connectivity index (χ0n) is 12.2. The summed E-state index contributed by atoms with van der Waals surface area (Å²) >= 11 is 1.73. The second-order valence-electron chi connectivity index (χ2n) is 5.75. The van der Waals surface area contributed by atoms with E-state index >= 15 is 0 Å². The fourth-order valence-electron chi connectivity index (χ4n) is 2.74. The molecule has 1 aliphatic rings. The fraction of sp³-hybridized carbons (Fsp3) is 0.600. The van der Waals surface area contributed by atoms with Crippen molar-refractivity contribution in [3.63, 3.8) is 0 Å². The first kappa shape index (κ1) is 13.8. The summed E-state index contributed by atoms with van der Waals surface area (Å²) in [7, 11) is 0. The van der Waals surface area contributed by atoms with Crippen molar-refractivity contribution in [2.75, 3.05) is 31.5 Å². The summed E-state index contributed by atoms with van der Waals surface area (Å²) in [4.78, 5) is 13.6. The van der Waals surface area contributed by atoms with Crippen molar-refractivity contribution >= 4 is 27.4 Å². The molecular weight excluding hydrogens is 268 g/mol. The summed E-state index contributed by atoms with van der Waals surface area (Å²) in [5.41, 5.74) is 0. The van der Waals surface area contributed by atoms with E-state index in [1.807, 2.05) is 0 Å². The number of rotatable bonds is 4. The van der Waals surface area contributed by atoms with Crippen LogP contribution in [0.15, 0.2) is 12.4 Å². The Morgan fingerprint density at radius 3 is 2.95 bits per heavy atom. The van der Waals surface area contributed by atoms with Gasteiger partial charge in [0, 0.05) is 18.0 Å². The Bertz CT molecular complexity index is 572. The smallest absolute Gasteiger partial charge is 0.138 e. The minimum absolute atomic E-state index is 0.898. The molecule has 0 bridgehead atoms. The number of fused-ring (bicyclic) bond motifs is 1. The van der Waals surface area contributed by atoms with Gasteiger partial charge in [-0.25, -0.2) is 9.97 Å². The summed E-state index contributed by atoms with van der Waals surface area (Å²) in [6.07, 6.45) is 4.33. The highest BCUT2D eigenvalue weighted by atomic mass is 32.1. The molecule has 1 aliphatic heterocycles. The van der Waals surface area contributed by atoms with Crippen molar-refractivity contribution in [2.24, 2.45) is 5.92 Å². The molecule has 20 heavy (non-hydrogen) atoms. The maximum Gasteiger partial charge on any atom is 0.138 e. The Kier molecular flexibility index (Phi) is 4.17. The van der Waals surface area contributed by atoms with Crippen LogP contribution in [-0.2, 0) is 0 Å². The average molecular weight is 290 g/mol. The molecule has 0 spiro atoms. The van der Waals surface area contributed by atoms with Crippen LogP contribution < -0.4 is 5.32 Å². The van der Waals surface area contributed by atoms with E-state index in [0.717, 1.165) is 35.0 Å². The van der Waals surface area contributed by atoms with Gasteiger partial charge in [0.1, 0.15) is 17.0 Å². The van der Waals surface area contributed by atoms with Gasteiger partial charge in [0.25, 0.3) is 0 Å². The van der Waals surface area contributed by atoms with Gasteiger partial charge >= 0.3 is 0 Å². The average Bonchev–Trinajstić information content (AvgIpc) is 2.82. The highest BCUT2D eigenvalue weighted by molar-refractivity contribution is 7.18. The Hall–Kier alpha value is -1.20. The van der Waals surface area contributed by atoms with E-state index in [-0.39, 0.29) is 0 Å². The minimum Gasteiger partial charge on any atom is -0.368 e. The van der Waals surface area contributed by atoms with Crippen LogP contribution in [-0.4, -0.2) is 41.0 Å². The number of nitrogens with one attached hydrogen (secondary N) is 1. The van der Waals surface area contributed by atoms with Crippen LogP contribution >= 0.6 is 11.3 Å². The van der Waals surface area contributed by atoms with Crippen LogP contribution in [0.4, 0.5) is 5.82 Å². The van der Waals surface area contributed by atoms with Crippen LogP contribution in [0.2, 0.25) is 0 Å². The summed E-state index contributed by atoms with van der Waals surface area (Å²) in [6.45, 7) is 8.99. The topological polar surface area (TPSA) is 41.0 Å². The Morgan fingerprint density at radius 2 is 2.15 bits per heavy atom. The van der Waals surface area contributed by atoms with Crippen molar-refractivity contribution in [3.05, 3.63) is 17.3 Å². The van der Waals surface area contributed by atoms with Gasteiger partial charge in [-0.1, -0.05) is 6.92 Å². The van der Waals surface area contributed by atoms with Gasteiger partial charge in [0.05, 0.1) is 5.39 Å². The molecule has 0 aliphatic carbocycles. The maximum atomic E-state index is 4.38. The molecule has 1 fully saturated rings. The number of nitrogens with zero attached hydrogens (tertiary/aromatic N) is 3. The highest BCUT2D eigenvalue weighted by Gasteiger charge is 2.15. The summed E-state index contributed by atoms with van der Waals surface area (Å²) in [5, 5.41) is 4.63. The van der Waals surface area contributed by atoms with Crippen molar-refractivity contribution in [2.45, 2.75) is 26.7 Å². The predicted molar refractivity (Wildman–Crippen MR) is 85.5 cm³/mol. The third-order valence-electron chi connectivity index (χ3n) is 4.05. The molecule has 2 aromatic rings. The second kappa shape index (κ2) is 6.06. The normalized spacial score (nSPS) is 17.7. The third-order valence-corrected chi connectivity index (χ3v) is 5.01. The monoisotopic (exact) mass is 290 g/mol. The lowest BCUT2D eigenvalue weighted by atomic mass is 9.99. The predicted octanol–water partition coefficient (Wildman–Crippen LogP) is 3.14.